The van der Waals surface area contributed by atoms with Gasteiger partial charge in [0.05, 0.1) is 24.6 Å². The van der Waals surface area contributed by atoms with Crippen LogP contribution in [0.4, 0.5) is 11.5 Å². The van der Waals surface area contributed by atoms with Crippen molar-refractivity contribution in [2.75, 3.05) is 37.4 Å². The van der Waals surface area contributed by atoms with E-state index in [1.165, 1.54) is 0 Å². The van der Waals surface area contributed by atoms with E-state index < -0.39 is 0 Å². The SMILES string of the molecule is CCn1nc(C)c(N)c1N1CCOCC1C(=O)NC. The summed E-state index contributed by atoms with van der Waals surface area (Å²) in [6, 6.07) is -0.359. The highest BCUT2D eigenvalue weighted by Gasteiger charge is 2.32. The molecule has 1 aliphatic heterocycles. The lowest BCUT2D eigenvalue weighted by Gasteiger charge is -2.36. The number of aryl methyl sites for hydroxylation is 2. The van der Waals surface area contributed by atoms with Crippen LogP contribution in [-0.2, 0) is 16.1 Å². The summed E-state index contributed by atoms with van der Waals surface area (Å²) in [6.07, 6.45) is 0. The number of anilines is 2. The minimum atomic E-state index is -0.359. The fourth-order valence-corrected chi connectivity index (χ4v) is 2.35. The Morgan fingerprint density at radius 2 is 2.37 bits per heavy atom. The van der Waals surface area contributed by atoms with Gasteiger partial charge < -0.3 is 20.7 Å². The third-order valence-corrected chi connectivity index (χ3v) is 3.39. The van der Waals surface area contributed by atoms with Gasteiger partial charge in [-0.1, -0.05) is 0 Å². The molecule has 1 aliphatic rings. The molecule has 0 aromatic carbocycles. The summed E-state index contributed by atoms with van der Waals surface area (Å²) in [6.45, 7) is 6.18. The minimum absolute atomic E-state index is 0.0689. The molecular formula is C12H21N5O2. The van der Waals surface area contributed by atoms with Crippen LogP contribution in [0.15, 0.2) is 0 Å². The molecule has 106 valence electrons. The molecule has 1 saturated heterocycles. The summed E-state index contributed by atoms with van der Waals surface area (Å²) in [7, 11) is 1.63. The van der Waals surface area contributed by atoms with E-state index in [4.69, 9.17) is 10.5 Å². The van der Waals surface area contributed by atoms with Crippen molar-refractivity contribution in [3.8, 4) is 0 Å². The predicted octanol–water partition coefficient (Wildman–Crippen LogP) is -0.255. The Morgan fingerprint density at radius 1 is 1.63 bits per heavy atom. The number of aromatic nitrogens is 2. The average molecular weight is 267 g/mol. The molecule has 1 unspecified atom stereocenters. The first kappa shape index (κ1) is 13.7. The lowest BCUT2D eigenvalue weighted by Crippen LogP contribution is -2.54. The van der Waals surface area contributed by atoms with Crippen LogP contribution in [-0.4, -0.2) is 48.5 Å². The third kappa shape index (κ3) is 2.37. The Bertz CT molecular complexity index is 471. The largest absolute Gasteiger partial charge is 0.394 e. The van der Waals surface area contributed by atoms with E-state index in [0.717, 1.165) is 11.5 Å². The van der Waals surface area contributed by atoms with Gasteiger partial charge in [-0.3, -0.25) is 4.79 Å². The zero-order valence-electron chi connectivity index (χ0n) is 11.6. The van der Waals surface area contributed by atoms with Crippen molar-refractivity contribution in [1.82, 2.24) is 15.1 Å². The zero-order chi connectivity index (χ0) is 14.0. The standard InChI is InChI=1S/C12H21N5O2/c1-4-17-12(10(13)8(2)15-17)16-5-6-19-7-9(16)11(18)14-3/h9H,4-7,13H2,1-3H3,(H,14,18). The lowest BCUT2D eigenvalue weighted by atomic mass is 10.2. The number of amides is 1. The fraction of sp³-hybridized carbons (Fsp3) is 0.667. The predicted molar refractivity (Wildman–Crippen MR) is 73.1 cm³/mol. The van der Waals surface area contributed by atoms with E-state index in [1.54, 1.807) is 7.05 Å². The molecule has 1 fully saturated rings. The maximum absolute atomic E-state index is 12.0. The Hall–Kier alpha value is -1.76. The molecule has 1 aromatic rings. The Labute approximate surface area is 112 Å². The number of nitrogens with zero attached hydrogens (tertiary/aromatic N) is 3. The van der Waals surface area contributed by atoms with Gasteiger partial charge in [-0.15, -0.1) is 0 Å². The van der Waals surface area contributed by atoms with E-state index in [-0.39, 0.29) is 11.9 Å². The van der Waals surface area contributed by atoms with E-state index in [2.05, 4.69) is 10.4 Å². The summed E-state index contributed by atoms with van der Waals surface area (Å²) in [5.74, 6) is 0.748. The van der Waals surface area contributed by atoms with Crippen LogP contribution in [0.2, 0.25) is 0 Å². The number of hydrogen-bond acceptors (Lipinski definition) is 5. The molecule has 0 spiro atoms. The second-order valence-corrected chi connectivity index (χ2v) is 4.54. The molecule has 2 rings (SSSR count). The van der Waals surface area contributed by atoms with Crippen LogP contribution in [0.5, 0.6) is 0 Å². The number of carbonyl (C=O) groups excluding carboxylic acids is 1. The molecule has 1 atom stereocenters. The number of rotatable bonds is 3. The molecule has 0 aliphatic carbocycles. The Kier molecular flexibility index (Phi) is 3.94. The molecular weight excluding hydrogens is 246 g/mol. The fourth-order valence-electron chi connectivity index (χ4n) is 2.35. The van der Waals surface area contributed by atoms with Crippen molar-refractivity contribution in [3.05, 3.63) is 5.69 Å². The molecule has 2 heterocycles. The van der Waals surface area contributed by atoms with Gasteiger partial charge in [0.25, 0.3) is 0 Å². The molecule has 0 radical (unpaired) electrons. The topological polar surface area (TPSA) is 85.4 Å². The van der Waals surface area contributed by atoms with Crippen LogP contribution >= 0.6 is 0 Å². The van der Waals surface area contributed by atoms with Gasteiger partial charge in [0, 0.05) is 20.1 Å². The van der Waals surface area contributed by atoms with Gasteiger partial charge in [0.15, 0.2) is 5.82 Å². The quantitative estimate of drug-likeness (QED) is 0.788. The summed E-state index contributed by atoms with van der Waals surface area (Å²) < 4.78 is 7.24. The van der Waals surface area contributed by atoms with E-state index in [9.17, 15) is 4.79 Å². The van der Waals surface area contributed by atoms with Crippen molar-refractivity contribution in [3.63, 3.8) is 0 Å². The highest BCUT2D eigenvalue weighted by Crippen LogP contribution is 2.29. The summed E-state index contributed by atoms with van der Waals surface area (Å²) >= 11 is 0. The van der Waals surface area contributed by atoms with Crippen molar-refractivity contribution in [1.29, 1.82) is 0 Å². The third-order valence-electron chi connectivity index (χ3n) is 3.39. The Morgan fingerprint density at radius 3 is 3.00 bits per heavy atom. The van der Waals surface area contributed by atoms with Crippen molar-refractivity contribution in [2.45, 2.75) is 26.4 Å². The molecule has 19 heavy (non-hydrogen) atoms. The van der Waals surface area contributed by atoms with Crippen LogP contribution in [0.3, 0.4) is 0 Å². The first-order valence-electron chi connectivity index (χ1n) is 6.49. The molecule has 1 aromatic heterocycles. The normalized spacial score (nSPS) is 19.5. The molecule has 0 bridgehead atoms. The van der Waals surface area contributed by atoms with E-state index >= 15 is 0 Å². The monoisotopic (exact) mass is 267 g/mol. The highest BCUT2D eigenvalue weighted by molar-refractivity contribution is 5.86. The van der Waals surface area contributed by atoms with Gasteiger partial charge in [0.1, 0.15) is 6.04 Å². The van der Waals surface area contributed by atoms with Gasteiger partial charge in [-0.25, -0.2) is 4.68 Å². The lowest BCUT2D eigenvalue weighted by molar-refractivity contribution is -0.124. The molecule has 7 nitrogen and oxygen atoms in total. The van der Waals surface area contributed by atoms with Gasteiger partial charge in [0.2, 0.25) is 5.91 Å². The number of nitrogens with one attached hydrogen (secondary N) is 1. The summed E-state index contributed by atoms with van der Waals surface area (Å²) in [4.78, 5) is 14.0. The smallest absolute Gasteiger partial charge is 0.244 e. The molecule has 0 saturated carbocycles. The van der Waals surface area contributed by atoms with E-state index in [1.807, 2.05) is 23.4 Å². The van der Waals surface area contributed by atoms with Crippen molar-refractivity contribution >= 4 is 17.4 Å². The zero-order valence-corrected chi connectivity index (χ0v) is 11.6. The highest BCUT2D eigenvalue weighted by atomic mass is 16.5. The molecule has 3 N–H and O–H groups in total. The van der Waals surface area contributed by atoms with Gasteiger partial charge >= 0.3 is 0 Å². The number of nitrogen functional groups attached to an aromatic ring is 1. The van der Waals surface area contributed by atoms with Crippen LogP contribution in [0, 0.1) is 6.92 Å². The van der Waals surface area contributed by atoms with Gasteiger partial charge in [-0.05, 0) is 13.8 Å². The second-order valence-electron chi connectivity index (χ2n) is 4.54. The average Bonchev–Trinajstić information content (AvgIpc) is 2.73. The van der Waals surface area contributed by atoms with Gasteiger partial charge in [-0.2, -0.15) is 5.10 Å². The number of nitrogens with two attached hydrogens (primary N) is 1. The maximum atomic E-state index is 12.0. The summed E-state index contributed by atoms with van der Waals surface area (Å²) in [5.41, 5.74) is 7.54. The van der Waals surface area contributed by atoms with Crippen LogP contribution in [0.25, 0.3) is 0 Å². The number of carbonyl (C=O) groups is 1. The number of likely N-dealkylation sites (N-methyl/N-ethyl adjacent to an activating group) is 1. The van der Waals surface area contributed by atoms with Crippen molar-refractivity contribution < 1.29 is 9.53 Å². The summed E-state index contributed by atoms with van der Waals surface area (Å²) in [5, 5.41) is 7.07. The number of morpholine rings is 1. The second kappa shape index (κ2) is 5.48. The first-order valence-corrected chi connectivity index (χ1v) is 6.49. The first-order chi connectivity index (χ1) is 9.10. The molecule has 7 heteroatoms. The molecule has 1 amide bonds. The Balaban J connectivity index is 2.39. The van der Waals surface area contributed by atoms with Crippen LogP contribution in [0.1, 0.15) is 12.6 Å². The number of ether oxygens (including phenoxy) is 1. The van der Waals surface area contributed by atoms with E-state index in [0.29, 0.717) is 32.0 Å². The van der Waals surface area contributed by atoms with Crippen LogP contribution < -0.4 is 16.0 Å². The maximum Gasteiger partial charge on any atom is 0.244 e. The number of hydrogen-bond donors (Lipinski definition) is 2. The van der Waals surface area contributed by atoms with Crippen molar-refractivity contribution in [2.24, 2.45) is 0 Å². The minimum Gasteiger partial charge on any atom is -0.394 e.